The van der Waals surface area contributed by atoms with Gasteiger partial charge < -0.3 is 15.5 Å². The van der Waals surface area contributed by atoms with Gasteiger partial charge in [0, 0.05) is 23.5 Å². The van der Waals surface area contributed by atoms with E-state index in [0.29, 0.717) is 6.42 Å². The molecule has 2 atom stereocenters. The molecular weight excluding hydrogens is 350 g/mol. The van der Waals surface area contributed by atoms with Crippen molar-refractivity contribution in [2.75, 3.05) is 10.2 Å². The van der Waals surface area contributed by atoms with Crippen LogP contribution in [-0.4, -0.2) is 29.9 Å². The summed E-state index contributed by atoms with van der Waals surface area (Å²) in [6.45, 7) is 7.87. The number of carbonyl (C=O) groups excluding carboxylic acids is 2. The Bertz CT molecular complexity index is 845. The normalized spacial score (nSPS) is 16.6. The second-order valence-electron chi connectivity index (χ2n) is 7.85. The zero-order chi connectivity index (χ0) is 20.3. The fraction of sp³-hybridized carbons (Fsp3) is 0.391. The molecule has 148 valence electrons. The lowest BCUT2D eigenvalue weighted by molar-refractivity contribution is -0.121. The minimum absolute atomic E-state index is 0.0148. The van der Waals surface area contributed by atoms with Gasteiger partial charge in [0.1, 0.15) is 6.04 Å². The molecular formula is C23H29N3O2. The largest absolute Gasteiger partial charge is 0.374 e. The van der Waals surface area contributed by atoms with Gasteiger partial charge in [0.15, 0.2) is 0 Å². The van der Waals surface area contributed by atoms with Gasteiger partial charge in [-0.2, -0.15) is 0 Å². The Kier molecular flexibility index (Phi) is 6.02. The van der Waals surface area contributed by atoms with E-state index >= 15 is 0 Å². The summed E-state index contributed by atoms with van der Waals surface area (Å²) < 4.78 is 0. The van der Waals surface area contributed by atoms with Crippen LogP contribution in [0, 0.1) is 0 Å². The summed E-state index contributed by atoms with van der Waals surface area (Å²) in [5, 5.41) is 6.18. The number of anilines is 2. The number of carbonyl (C=O) groups is 2. The highest BCUT2D eigenvalue weighted by Gasteiger charge is 2.32. The van der Waals surface area contributed by atoms with Crippen molar-refractivity contribution in [3.63, 3.8) is 0 Å². The maximum atomic E-state index is 13.0. The van der Waals surface area contributed by atoms with Gasteiger partial charge in [-0.25, -0.2) is 0 Å². The van der Waals surface area contributed by atoms with Gasteiger partial charge in [-0.1, -0.05) is 30.3 Å². The third-order valence-electron chi connectivity index (χ3n) is 4.97. The molecule has 2 amide bonds. The number of para-hydroxylation sites is 1. The summed E-state index contributed by atoms with van der Waals surface area (Å²) in [6, 6.07) is 15.7. The molecule has 5 heteroatoms. The molecule has 5 nitrogen and oxygen atoms in total. The Labute approximate surface area is 167 Å². The van der Waals surface area contributed by atoms with Crippen molar-refractivity contribution in [3.8, 4) is 0 Å². The van der Waals surface area contributed by atoms with Crippen molar-refractivity contribution in [1.82, 2.24) is 5.32 Å². The number of rotatable bonds is 6. The van der Waals surface area contributed by atoms with Crippen molar-refractivity contribution >= 4 is 23.2 Å². The number of nitrogens with zero attached hydrogens (tertiary/aromatic N) is 1. The summed E-state index contributed by atoms with van der Waals surface area (Å²) in [5.74, 6) is 0.0822. The summed E-state index contributed by atoms with van der Waals surface area (Å²) in [7, 11) is 0. The number of hydrogen-bond donors (Lipinski definition) is 2. The molecule has 0 spiro atoms. The van der Waals surface area contributed by atoms with E-state index in [9.17, 15) is 9.59 Å². The van der Waals surface area contributed by atoms with Crippen LogP contribution in [0.25, 0.3) is 0 Å². The van der Waals surface area contributed by atoms with E-state index in [1.807, 2.05) is 68.1 Å². The van der Waals surface area contributed by atoms with Gasteiger partial charge in [-0.3, -0.25) is 9.59 Å². The maximum absolute atomic E-state index is 13.0. The summed E-state index contributed by atoms with van der Waals surface area (Å²) >= 11 is 0. The first kappa shape index (κ1) is 19.9. The molecule has 2 aromatic carbocycles. The number of fused-ring (bicyclic) bond motifs is 1. The average molecular weight is 380 g/mol. The van der Waals surface area contributed by atoms with Gasteiger partial charge in [0.25, 0.3) is 0 Å². The van der Waals surface area contributed by atoms with E-state index in [1.54, 1.807) is 0 Å². The quantitative estimate of drug-likeness (QED) is 0.807. The molecule has 1 aliphatic heterocycles. The maximum Gasteiger partial charge on any atom is 0.249 e. The molecule has 3 rings (SSSR count). The molecule has 0 radical (unpaired) electrons. The highest BCUT2D eigenvalue weighted by molar-refractivity contribution is 6.00. The number of nitrogens with one attached hydrogen (secondary N) is 2. The smallest absolute Gasteiger partial charge is 0.249 e. The second kappa shape index (κ2) is 8.46. The van der Waals surface area contributed by atoms with Gasteiger partial charge >= 0.3 is 0 Å². The fourth-order valence-corrected chi connectivity index (χ4v) is 3.70. The van der Waals surface area contributed by atoms with Crippen LogP contribution in [0.15, 0.2) is 48.5 Å². The molecule has 0 aliphatic carbocycles. The zero-order valence-electron chi connectivity index (χ0n) is 17.0. The first-order valence-electron chi connectivity index (χ1n) is 9.91. The molecule has 0 saturated heterocycles. The topological polar surface area (TPSA) is 61.4 Å². The number of amides is 2. The Balaban J connectivity index is 1.62. The van der Waals surface area contributed by atoms with E-state index in [0.717, 1.165) is 23.4 Å². The van der Waals surface area contributed by atoms with Crippen LogP contribution < -0.4 is 15.5 Å². The first-order valence-corrected chi connectivity index (χ1v) is 9.91. The first-order chi connectivity index (χ1) is 13.3. The Morgan fingerprint density at radius 2 is 1.75 bits per heavy atom. The lowest BCUT2D eigenvalue weighted by Crippen LogP contribution is -2.44. The third-order valence-corrected chi connectivity index (χ3v) is 4.97. The molecule has 2 aromatic rings. The minimum atomic E-state index is -0.344. The van der Waals surface area contributed by atoms with Crippen molar-refractivity contribution < 1.29 is 9.59 Å². The Hall–Kier alpha value is -2.82. The number of hydrogen-bond acceptors (Lipinski definition) is 3. The third kappa shape index (κ3) is 4.53. The van der Waals surface area contributed by atoms with E-state index in [1.165, 1.54) is 5.56 Å². The zero-order valence-corrected chi connectivity index (χ0v) is 17.0. The molecule has 1 aliphatic rings. The van der Waals surface area contributed by atoms with E-state index in [2.05, 4.69) is 23.6 Å². The Morgan fingerprint density at radius 1 is 1.07 bits per heavy atom. The van der Waals surface area contributed by atoms with Crippen molar-refractivity contribution in [2.45, 2.75) is 58.7 Å². The molecule has 2 N–H and O–H groups in total. The van der Waals surface area contributed by atoms with Crippen LogP contribution in [0.2, 0.25) is 0 Å². The van der Waals surface area contributed by atoms with Crippen LogP contribution in [0.4, 0.5) is 11.4 Å². The summed E-state index contributed by atoms with van der Waals surface area (Å²) in [4.78, 5) is 26.8. The molecule has 0 fully saturated rings. The van der Waals surface area contributed by atoms with Crippen molar-refractivity contribution in [2.24, 2.45) is 0 Å². The SMILES string of the molecule is CC(C)NC(=O)Cc1ccc(NC(C)C(=O)N2c3ccccc3CC2C)cc1. The Morgan fingerprint density at radius 3 is 2.43 bits per heavy atom. The van der Waals surface area contributed by atoms with Gasteiger partial charge in [0.2, 0.25) is 11.8 Å². The average Bonchev–Trinajstić information content (AvgIpc) is 2.97. The lowest BCUT2D eigenvalue weighted by Gasteiger charge is -2.27. The van der Waals surface area contributed by atoms with Crippen molar-refractivity contribution in [3.05, 3.63) is 59.7 Å². The van der Waals surface area contributed by atoms with E-state index in [4.69, 9.17) is 0 Å². The van der Waals surface area contributed by atoms with Gasteiger partial charge in [0.05, 0.1) is 6.42 Å². The van der Waals surface area contributed by atoms with Crippen LogP contribution in [0.5, 0.6) is 0 Å². The van der Waals surface area contributed by atoms with E-state index in [-0.39, 0.29) is 29.9 Å². The fourth-order valence-electron chi connectivity index (χ4n) is 3.70. The lowest BCUT2D eigenvalue weighted by atomic mass is 10.1. The summed E-state index contributed by atoms with van der Waals surface area (Å²) in [5.41, 5.74) is 4.05. The van der Waals surface area contributed by atoms with Gasteiger partial charge in [-0.15, -0.1) is 0 Å². The highest BCUT2D eigenvalue weighted by atomic mass is 16.2. The predicted octanol–water partition coefficient (Wildman–Crippen LogP) is 3.53. The van der Waals surface area contributed by atoms with Crippen LogP contribution in [0.3, 0.4) is 0 Å². The molecule has 28 heavy (non-hydrogen) atoms. The monoisotopic (exact) mass is 379 g/mol. The second-order valence-corrected chi connectivity index (χ2v) is 7.85. The van der Waals surface area contributed by atoms with Crippen LogP contribution in [-0.2, 0) is 22.4 Å². The van der Waals surface area contributed by atoms with Crippen molar-refractivity contribution in [1.29, 1.82) is 0 Å². The molecule has 0 bridgehead atoms. The minimum Gasteiger partial charge on any atom is -0.374 e. The van der Waals surface area contributed by atoms with Crippen LogP contribution in [0.1, 0.15) is 38.8 Å². The number of benzene rings is 2. The molecule has 2 unspecified atom stereocenters. The van der Waals surface area contributed by atoms with Crippen LogP contribution >= 0.6 is 0 Å². The van der Waals surface area contributed by atoms with E-state index < -0.39 is 0 Å². The molecule has 1 heterocycles. The highest BCUT2D eigenvalue weighted by Crippen LogP contribution is 2.32. The predicted molar refractivity (Wildman–Crippen MR) is 114 cm³/mol. The van der Waals surface area contributed by atoms with Gasteiger partial charge in [-0.05, 0) is 63.4 Å². The summed E-state index contributed by atoms with van der Waals surface area (Å²) in [6.07, 6.45) is 1.25. The molecule has 0 aromatic heterocycles. The molecule has 0 saturated carbocycles. The standard InChI is InChI=1S/C23H29N3O2/c1-15(2)24-22(27)14-18-9-11-20(12-10-18)25-17(4)23(28)26-16(3)13-19-7-5-6-8-21(19)26/h5-12,15-17,25H,13-14H2,1-4H3,(H,24,27).